The molecule has 0 spiro atoms. The van der Waals surface area contributed by atoms with Crippen molar-refractivity contribution < 1.29 is 4.79 Å². The van der Waals surface area contributed by atoms with Crippen LogP contribution in [0.5, 0.6) is 0 Å². The monoisotopic (exact) mass is 322 g/mol. The minimum atomic E-state index is -0.224. The molecule has 1 amide bonds. The number of rotatable bonds is 5. The van der Waals surface area contributed by atoms with E-state index in [-0.39, 0.29) is 5.91 Å². The molecule has 0 heterocycles. The van der Waals surface area contributed by atoms with Gasteiger partial charge in [0.1, 0.15) is 0 Å². The Morgan fingerprint density at radius 2 is 1.86 bits per heavy atom. The highest BCUT2D eigenvalue weighted by Crippen LogP contribution is 2.26. The Hall–Kier alpha value is -1.71. The van der Waals surface area contributed by atoms with E-state index in [0.29, 0.717) is 21.3 Å². The molecular formula is C16H16Cl2N2O. The number of carbonyl (C=O) groups excluding carboxylic acids is 1. The molecule has 0 aliphatic carbocycles. The first-order valence-corrected chi connectivity index (χ1v) is 7.46. The number of hydrogen-bond donors (Lipinski definition) is 2. The first kappa shape index (κ1) is 15.7. The van der Waals surface area contributed by atoms with Crippen molar-refractivity contribution in [2.75, 3.05) is 17.2 Å². The van der Waals surface area contributed by atoms with Crippen LogP contribution in [0.25, 0.3) is 0 Å². The van der Waals surface area contributed by atoms with Gasteiger partial charge in [-0.3, -0.25) is 4.79 Å². The third kappa shape index (κ3) is 4.13. The maximum absolute atomic E-state index is 12.4. The fourth-order valence-electron chi connectivity index (χ4n) is 1.88. The predicted molar refractivity (Wildman–Crippen MR) is 89.6 cm³/mol. The standard InChI is InChI=1S/C16H16Cl2N2O/c1-2-9-19-14-6-4-3-5-12(14)16(21)20-15-10-11(17)7-8-13(15)18/h3-8,10,19H,2,9H2,1H3,(H,20,21). The first-order chi connectivity index (χ1) is 10.1. The minimum absolute atomic E-state index is 0.224. The van der Waals surface area contributed by atoms with Crippen molar-refractivity contribution >= 4 is 40.5 Å². The van der Waals surface area contributed by atoms with Crippen molar-refractivity contribution in [3.05, 3.63) is 58.1 Å². The van der Waals surface area contributed by atoms with E-state index < -0.39 is 0 Å². The van der Waals surface area contributed by atoms with Gasteiger partial charge < -0.3 is 10.6 Å². The molecule has 0 saturated carbocycles. The topological polar surface area (TPSA) is 41.1 Å². The lowest BCUT2D eigenvalue weighted by Gasteiger charge is -2.12. The molecule has 3 nitrogen and oxygen atoms in total. The number of benzene rings is 2. The molecule has 0 aliphatic rings. The van der Waals surface area contributed by atoms with Crippen LogP contribution in [0.3, 0.4) is 0 Å². The third-order valence-electron chi connectivity index (χ3n) is 2.91. The Bertz CT molecular complexity index is 644. The number of carbonyl (C=O) groups is 1. The second-order valence-corrected chi connectivity index (χ2v) is 5.39. The van der Waals surface area contributed by atoms with E-state index in [1.54, 1.807) is 24.3 Å². The number of anilines is 2. The van der Waals surface area contributed by atoms with Crippen molar-refractivity contribution in [3.8, 4) is 0 Å². The minimum Gasteiger partial charge on any atom is -0.384 e. The number of hydrogen-bond acceptors (Lipinski definition) is 2. The van der Waals surface area contributed by atoms with Gasteiger partial charge in [0.15, 0.2) is 0 Å². The number of halogens is 2. The van der Waals surface area contributed by atoms with Crippen LogP contribution in [-0.2, 0) is 0 Å². The van der Waals surface area contributed by atoms with Crippen LogP contribution in [0, 0.1) is 0 Å². The average molecular weight is 323 g/mol. The molecule has 2 aromatic rings. The van der Waals surface area contributed by atoms with E-state index in [0.717, 1.165) is 18.7 Å². The zero-order valence-electron chi connectivity index (χ0n) is 11.6. The normalized spacial score (nSPS) is 10.2. The van der Waals surface area contributed by atoms with Gasteiger partial charge in [-0.2, -0.15) is 0 Å². The lowest BCUT2D eigenvalue weighted by atomic mass is 10.1. The summed E-state index contributed by atoms with van der Waals surface area (Å²) in [4.78, 5) is 12.4. The summed E-state index contributed by atoms with van der Waals surface area (Å²) in [7, 11) is 0. The van der Waals surface area contributed by atoms with Crippen molar-refractivity contribution in [3.63, 3.8) is 0 Å². The van der Waals surface area contributed by atoms with Crippen LogP contribution in [0.1, 0.15) is 23.7 Å². The second-order valence-electron chi connectivity index (χ2n) is 4.55. The lowest BCUT2D eigenvalue weighted by molar-refractivity contribution is 0.102. The number of para-hydroxylation sites is 1. The summed E-state index contributed by atoms with van der Waals surface area (Å²) in [5.74, 6) is -0.224. The summed E-state index contributed by atoms with van der Waals surface area (Å²) in [6.07, 6.45) is 0.982. The van der Waals surface area contributed by atoms with E-state index in [2.05, 4.69) is 17.6 Å². The molecule has 0 radical (unpaired) electrons. The van der Waals surface area contributed by atoms with E-state index in [4.69, 9.17) is 23.2 Å². The molecule has 5 heteroatoms. The summed E-state index contributed by atoms with van der Waals surface area (Å²) in [5.41, 5.74) is 1.87. The molecule has 0 atom stereocenters. The van der Waals surface area contributed by atoms with Crippen LogP contribution in [0.4, 0.5) is 11.4 Å². The van der Waals surface area contributed by atoms with Crippen LogP contribution >= 0.6 is 23.2 Å². The molecule has 0 fully saturated rings. The van der Waals surface area contributed by atoms with Gasteiger partial charge in [0.05, 0.1) is 16.3 Å². The van der Waals surface area contributed by atoms with E-state index in [1.807, 2.05) is 18.2 Å². The SMILES string of the molecule is CCCNc1ccccc1C(=O)Nc1cc(Cl)ccc1Cl. The number of nitrogens with one attached hydrogen (secondary N) is 2. The molecule has 2 N–H and O–H groups in total. The maximum atomic E-state index is 12.4. The van der Waals surface area contributed by atoms with Gasteiger partial charge in [0.25, 0.3) is 5.91 Å². The molecule has 110 valence electrons. The Kier molecular flexibility index (Phi) is 5.48. The number of amides is 1. The van der Waals surface area contributed by atoms with Gasteiger partial charge in [-0.05, 0) is 36.8 Å². The summed E-state index contributed by atoms with van der Waals surface area (Å²) in [5, 5.41) is 7.00. The lowest BCUT2D eigenvalue weighted by Crippen LogP contribution is -2.15. The third-order valence-corrected chi connectivity index (χ3v) is 3.48. The molecule has 0 unspecified atom stereocenters. The highest BCUT2D eigenvalue weighted by molar-refractivity contribution is 6.36. The Morgan fingerprint density at radius 1 is 1.10 bits per heavy atom. The Labute approximate surface area is 134 Å². The summed E-state index contributed by atoms with van der Waals surface area (Å²) < 4.78 is 0. The fourth-order valence-corrected chi connectivity index (χ4v) is 2.21. The molecule has 2 aromatic carbocycles. The molecule has 0 aromatic heterocycles. The van der Waals surface area contributed by atoms with Gasteiger partial charge in [-0.15, -0.1) is 0 Å². The highest BCUT2D eigenvalue weighted by Gasteiger charge is 2.12. The van der Waals surface area contributed by atoms with Crippen molar-refractivity contribution in [2.24, 2.45) is 0 Å². The molecule has 2 rings (SSSR count). The van der Waals surface area contributed by atoms with Crippen LogP contribution < -0.4 is 10.6 Å². The van der Waals surface area contributed by atoms with E-state index in [9.17, 15) is 4.79 Å². The van der Waals surface area contributed by atoms with Gasteiger partial charge in [0.2, 0.25) is 0 Å². The quantitative estimate of drug-likeness (QED) is 0.807. The van der Waals surface area contributed by atoms with Crippen LogP contribution in [0.15, 0.2) is 42.5 Å². The summed E-state index contributed by atoms with van der Waals surface area (Å²) >= 11 is 12.0. The highest BCUT2D eigenvalue weighted by atomic mass is 35.5. The largest absolute Gasteiger partial charge is 0.384 e. The van der Waals surface area contributed by atoms with Crippen molar-refractivity contribution in [1.29, 1.82) is 0 Å². The fraction of sp³-hybridized carbons (Fsp3) is 0.188. The summed E-state index contributed by atoms with van der Waals surface area (Å²) in [6, 6.07) is 12.3. The van der Waals surface area contributed by atoms with Crippen LogP contribution in [0.2, 0.25) is 10.0 Å². The first-order valence-electron chi connectivity index (χ1n) is 6.71. The van der Waals surface area contributed by atoms with E-state index >= 15 is 0 Å². The van der Waals surface area contributed by atoms with Gasteiger partial charge in [0, 0.05) is 17.3 Å². The Morgan fingerprint density at radius 3 is 2.62 bits per heavy atom. The summed E-state index contributed by atoms with van der Waals surface area (Å²) in [6.45, 7) is 2.88. The second kappa shape index (κ2) is 7.34. The van der Waals surface area contributed by atoms with Gasteiger partial charge in [-0.1, -0.05) is 42.3 Å². The Balaban J connectivity index is 2.22. The van der Waals surface area contributed by atoms with Crippen molar-refractivity contribution in [1.82, 2.24) is 0 Å². The molecule has 0 saturated heterocycles. The molecule has 0 bridgehead atoms. The average Bonchev–Trinajstić information content (AvgIpc) is 2.49. The van der Waals surface area contributed by atoms with Gasteiger partial charge in [-0.25, -0.2) is 0 Å². The molecular weight excluding hydrogens is 307 g/mol. The van der Waals surface area contributed by atoms with Crippen LogP contribution in [-0.4, -0.2) is 12.5 Å². The molecule has 0 aliphatic heterocycles. The van der Waals surface area contributed by atoms with Crippen molar-refractivity contribution in [2.45, 2.75) is 13.3 Å². The zero-order chi connectivity index (χ0) is 15.2. The molecule has 21 heavy (non-hydrogen) atoms. The zero-order valence-corrected chi connectivity index (χ0v) is 13.1. The maximum Gasteiger partial charge on any atom is 0.257 e. The smallest absolute Gasteiger partial charge is 0.257 e. The predicted octanol–water partition coefficient (Wildman–Crippen LogP) is 5.07. The van der Waals surface area contributed by atoms with Gasteiger partial charge >= 0.3 is 0 Å². The van der Waals surface area contributed by atoms with E-state index in [1.165, 1.54) is 0 Å².